The lowest BCUT2D eigenvalue weighted by atomic mass is 10.1. The van der Waals surface area contributed by atoms with E-state index in [0.717, 1.165) is 31.6 Å². The fraction of sp³-hybridized carbons (Fsp3) is 0. The number of aromatic hydroxyl groups is 1. The molecule has 0 saturated heterocycles. The van der Waals surface area contributed by atoms with Gasteiger partial charge in [-0.1, -0.05) is 40.2 Å². The third-order valence-electron chi connectivity index (χ3n) is 3.38. The molecular formula is C16H9BrO2. The van der Waals surface area contributed by atoms with Gasteiger partial charge in [0.25, 0.3) is 0 Å². The number of fused-ring (bicyclic) bond motifs is 4. The van der Waals surface area contributed by atoms with Gasteiger partial charge in [0.15, 0.2) is 0 Å². The largest absolute Gasteiger partial charge is 0.507 e. The van der Waals surface area contributed by atoms with Crippen LogP contribution in [0.3, 0.4) is 0 Å². The maximum atomic E-state index is 10.1. The Bertz CT molecular complexity index is 938. The van der Waals surface area contributed by atoms with Gasteiger partial charge in [-0.3, -0.25) is 0 Å². The van der Waals surface area contributed by atoms with Gasteiger partial charge in [0, 0.05) is 9.86 Å². The second-order valence-electron chi connectivity index (χ2n) is 4.60. The van der Waals surface area contributed by atoms with E-state index >= 15 is 0 Å². The molecule has 0 aliphatic heterocycles. The topological polar surface area (TPSA) is 33.4 Å². The van der Waals surface area contributed by atoms with Crippen LogP contribution < -0.4 is 0 Å². The SMILES string of the molecule is Oc1cc(Br)cc2oc3cc4ccccc4cc3c12. The van der Waals surface area contributed by atoms with Crippen molar-refractivity contribution in [2.24, 2.45) is 0 Å². The van der Waals surface area contributed by atoms with E-state index in [4.69, 9.17) is 4.42 Å². The summed E-state index contributed by atoms with van der Waals surface area (Å²) < 4.78 is 6.64. The number of phenols is 1. The van der Waals surface area contributed by atoms with Gasteiger partial charge in [0.1, 0.15) is 16.9 Å². The van der Waals surface area contributed by atoms with Gasteiger partial charge in [0.2, 0.25) is 0 Å². The fourth-order valence-corrected chi connectivity index (χ4v) is 2.96. The summed E-state index contributed by atoms with van der Waals surface area (Å²) in [5.41, 5.74) is 1.49. The lowest BCUT2D eigenvalue weighted by Gasteiger charge is -1.98. The smallest absolute Gasteiger partial charge is 0.140 e. The molecule has 92 valence electrons. The Morgan fingerprint density at radius 3 is 2.42 bits per heavy atom. The first-order valence-corrected chi connectivity index (χ1v) is 6.75. The first-order chi connectivity index (χ1) is 9.22. The summed E-state index contributed by atoms with van der Waals surface area (Å²) >= 11 is 3.36. The number of benzene rings is 3. The van der Waals surface area contributed by atoms with Gasteiger partial charge in [0.05, 0.1) is 5.39 Å². The Balaban J connectivity index is 2.26. The Morgan fingerprint density at radius 1 is 0.895 bits per heavy atom. The van der Waals surface area contributed by atoms with Crippen molar-refractivity contribution in [3.63, 3.8) is 0 Å². The number of rotatable bonds is 0. The van der Waals surface area contributed by atoms with E-state index in [2.05, 4.69) is 34.1 Å². The zero-order chi connectivity index (χ0) is 13.0. The van der Waals surface area contributed by atoms with E-state index in [1.165, 1.54) is 0 Å². The Hall–Kier alpha value is -2.00. The van der Waals surface area contributed by atoms with Crippen LogP contribution in [-0.2, 0) is 0 Å². The molecule has 0 aliphatic carbocycles. The van der Waals surface area contributed by atoms with Crippen LogP contribution in [0.5, 0.6) is 5.75 Å². The molecule has 1 heterocycles. The molecule has 0 saturated carbocycles. The Kier molecular flexibility index (Phi) is 2.15. The molecule has 3 aromatic carbocycles. The highest BCUT2D eigenvalue weighted by Crippen LogP contribution is 2.38. The third-order valence-corrected chi connectivity index (χ3v) is 3.84. The summed E-state index contributed by atoms with van der Waals surface area (Å²) in [7, 11) is 0. The minimum absolute atomic E-state index is 0.235. The second-order valence-corrected chi connectivity index (χ2v) is 5.51. The number of halogens is 1. The van der Waals surface area contributed by atoms with Crippen molar-refractivity contribution in [3.8, 4) is 5.75 Å². The highest BCUT2D eigenvalue weighted by atomic mass is 79.9. The van der Waals surface area contributed by atoms with Crippen LogP contribution in [0, 0.1) is 0 Å². The minimum Gasteiger partial charge on any atom is -0.507 e. The molecule has 0 aliphatic rings. The average Bonchev–Trinajstić information content (AvgIpc) is 2.72. The van der Waals surface area contributed by atoms with Crippen molar-refractivity contribution in [2.75, 3.05) is 0 Å². The quantitative estimate of drug-likeness (QED) is 0.483. The Labute approximate surface area is 117 Å². The van der Waals surface area contributed by atoms with Gasteiger partial charge >= 0.3 is 0 Å². The number of phenolic OH excluding ortho intramolecular Hbond substituents is 1. The van der Waals surface area contributed by atoms with Crippen molar-refractivity contribution in [1.82, 2.24) is 0 Å². The number of furan rings is 1. The van der Waals surface area contributed by atoms with Gasteiger partial charge in [-0.2, -0.15) is 0 Å². The van der Waals surface area contributed by atoms with Crippen molar-refractivity contribution >= 4 is 48.6 Å². The van der Waals surface area contributed by atoms with Crippen LogP contribution in [0.25, 0.3) is 32.7 Å². The summed E-state index contributed by atoms with van der Waals surface area (Å²) in [5.74, 6) is 0.235. The van der Waals surface area contributed by atoms with E-state index < -0.39 is 0 Å². The van der Waals surface area contributed by atoms with Crippen molar-refractivity contribution < 1.29 is 9.52 Å². The maximum absolute atomic E-state index is 10.1. The maximum Gasteiger partial charge on any atom is 0.140 e. The lowest BCUT2D eigenvalue weighted by Crippen LogP contribution is -1.73. The molecule has 0 atom stereocenters. The van der Waals surface area contributed by atoms with E-state index in [9.17, 15) is 5.11 Å². The zero-order valence-electron chi connectivity index (χ0n) is 9.85. The van der Waals surface area contributed by atoms with Crippen LogP contribution >= 0.6 is 15.9 Å². The predicted molar refractivity (Wildman–Crippen MR) is 80.6 cm³/mol. The van der Waals surface area contributed by atoms with Crippen LogP contribution in [0.1, 0.15) is 0 Å². The summed E-state index contributed by atoms with van der Waals surface area (Å²) in [5, 5.41) is 14.1. The van der Waals surface area contributed by atoms with Gasteiger partial charge in [-0.15, -0.1) is 0 Å². The fourth-order valence-electron chi connectivity index (χ4n) is 2.54. The number of hydrogen-bond donors (Lipinski definition) is 1. The van der Waals surface area contributed by atoms with Crippen LogP contribution in [0.15, 0.2) is 57.4 Å². The molecule has 0 unspecified atom stereocenters. The molecule has 0 amide bonds. The molecule has 2 nitrogen and oxygen atoms in total. The van der Waals surface area contributed by atoms with Crippen LogP contribution in [-0.4, -0.2) is 5.11 Å². The molecule has 1 aromatic heterocycles. The molecule has 0 fully saturated rings. The van der Waals surface area contributed by atoms with Gasteiger partial charge in [-0.25, -0.2) is 0 Å². The molecule has 4 rings (SSSR count). The first kappa shape index (κ1) is 10.9. The molecule has 4 aromatic rings. The molecule has 0 spiro atoms. The molecular weight excluding hydrogens is 304 g/mol. The second kappa shape index (κ2) is 3.75. The normalized spacial score (nSPS) is 11.6. The Morgan fingerprint density at radius 2 is 1.63 bits per heavy atom. The summed E-state index contributed by atoms with van der Waals surface area (Å²) in [4.78, 5) is 0. The van der Waals surface area contributed by atoms with Crippen molar-refractivity contribution in [3.05, 3.63) is 53.0 Å². The molecule has 1 N–H and O–H groups in total. The van der Waals surface area contributed by atoms with Gasteiger partial charge in [-0.05, 0) is 35.0 Å². The van der Waals surface area contributed by atoms with Crippen LogP contribution in [0.2, 0.25) is 0 Å². The van der Waals surface area contributed by atoms with E-state index in [1.807, 2.05) is 24.3 Å². The highest BCUT2D eigenvalue weighted by molar-refractivity contribution is 9.10. The highest BCUT2D eigenvalue weighted by Gasteiger charge is 2.12. The third kappa shape index (κ3) is 1.55. The predicted octanol–water partition coefficient (Wildman–Crippen LogP) is 5.21. The first-order valence-electron chi connectivity index (χ1n) is 5.96. The zero-order valence-corrected chi connectivity index (χ0v) is 11.4. The standard InChI is InChI=1S/C16H9BrO2/c17-11-7-13(18)16-12-5-9-3-1-2-4-10(9)6-14(12)19-15(16)8-11/h1-8,18H. The molecule has 3 heteroatoms. The summed E-state index contributed by atoms with van der Waals surface area (Å²) in [6.07, 6.45) is 0. The summed E-state index contributed by atoms with van der Waals surface area (Å²) in [6, 6.07) is 15.8. The molecule has 0 radical (unpaired) electrons. The molecule has 19 heavy (non-hydrogen) atoms. The van der Waals surface area contributed by atoms with Crippen molar-refractivity contribution in [2.45, 2.75) is 0 Å². The van der Waals surface area contributed by atoms with E-state index in [1.54, 1.807) is 6.07 Å². The van der Waals surface area contributed by atoms with Gasteiger partial charge < -0.3 is 9.52 Å². The van der Waals surface area contributed by atoms with E-state index in [0.29, 0.717) is 5.58 Å². The number of hydrogen-bond acceptors (Lipinski definition) is 2. The monoisotopic (exact) mass is 312 g/mol. The minimum atomic E-state index is 0.235. The lowest BCUT2D eigenvalue weighted by molar-refractivity contribution is 0.481. The van der Waals surface area contributed by atoms with Crippen molar-refractivity contribution in [1.29, 1.82) is 0 Å². The summed E-state index contributed by atoms with van der Waals surface area (Å²) in [6.45, 7) is 0. The molecule has 0 bridgehead atoms. The van der Waals surface area contributed by atoms with Crippen LogP contribution in [0.4, 0.5) is 0 Å². The van der Waals surface area contributed by atoms with E-state index in [-0.39, 0.29) is 5.75 Å². The average molecular weight is 313 g/mol.